The molecule has 0 atom stereocenters. The van der Waals surface area contributed by atoms with E-state index in [1.807, 2.05) is 0 Å². The number of amides is 2. The molecular formula is C16H18N4O4. The molecule has 8 heteroatoms. The van der Waals surface area contributed by atoms with Crippen LogP contribution < -0.4 is 14.8 Å². The van der Waals surface area contributed by atoms with Gasteiger partial charge in [-0.3, -0.25) is 14.7 Å². The van der Waals surface area contributed by atoms with Gasteiger partial charge in [0.15, 0.2) is 0 Å². The van der Waals surface area contributed by atoms with Crippen LogP contribution in [0.25, 0.3) is 0 Å². The molecule has 0 fully saturated rings. The van der Waals surface area contributed by atoms with Crippen LogP contribution in [-0.4, -0.2) is 41.1 Å². The molecule has 2 N–H and O–H groups in total. The molecule has 1 aliphatic rings. The Hall–Kier alpha value is -3.03. The number of H-pyrrole nitrogens is 1. The van der Waals surface area contributed by atoms with Crippen molar-refractivity contribution in [2.75, 3.05) is 19.5 Å². The molecule has 0 spiro atoms. The Morgan fingerprint density at radius 2 is 2.04 bits per heavy atom. The van der Waals surface area contributed by atoms with E-state index < -0.39 is 0 Å². The lowest BCUT2D eigenvalue weighted by Gasteiger charge is -2.13. The molecule has 0 bridgehead atoms. The van der Waals surface area contributed by atoms with Crippen LogP contribution in [0.1, 0.15) is 28.5 Å². The van der Waals surface area contributed by atoms with Crippen LogP contribution in [0.15, 0.2) is 18.2 Å². The third-order valence-corrected chi connectivity index (χ3v) is 3.98. The van der Waals surface area contributed by atoms with Gasteiger partial charge in [0.2, 0.25) is 5.91 Å². The van der Waals surface area contributed by atoms with E-state index in [2.05, 4.69) is 15.5 Å². The molecule has 2 heterocycles. The summed E-state index contributed by atoms with van der Waals surface area (Å²) in [6, 6.07) is 4.99. The van der Waals surface area contributed by atoms with Gasteiger partial charge in [-0.25, -0.2) is 0 Å². The van der Waals surface area contributed by atoms with Crippen LogP contribution >= 0.6 is 0 Å². The Labute approximate surface area is 138 Å². The highest BCUT2D eigenvalue weighted by atomic mass is 16.5. The van der Waals surface area contributed by atoms with Gasteiger partial charge in [-0.1, -0.05) is 0 Å². The predicted octanol–water partition coefficient (Wildman–Crippen LogP) is 1.54. The number of anilines is 1. The largest absolute Gasteiger partial charge is 0.497 e. The molecule has 0 saturated heterocycles. The molecule has 1 aliphatic heterocycles. The first kappa shape index (κ1) is 15.9. The van der Waals surface area contributed by atoms with Crippen LogP contribution in [0.4, 0.5) is 5.82 Å². The Balaban J connectivity index is 1.84. The van der Waals surface area contributed by atoms with E-state index in [1.54, 1.807) is 23.1 Å². The maximum absolute atomic E-state index is 12.6. The number of carbonyl (C=O) groups excluding carboxylic acids is 2. The van der Waals surface area contributed by atoms with Gasteiger partial charge in [-0.05, 0) is 18.2 Å². The average Bonchev–Trinajstić information content (AvgIpc) is 3.16. The molecular weight excluding hydrogens is 312 g/mol. The first-order chi connectivity index (χ1) is 11.5. The van der Waals surface area contributed by atoms with Gasteiger partial charge in [0.05, 0.1) is 38.6 Å². The first-order valence-corrected chi connectivity index (χ1v) is 7.38. The minimum Gasteiger partial charge on any atom is -0.497 e. The molecule has 2 aromatic rings. The standard InChI is InChI=1S/C16H18N4O4/c1-9(21)20-7-12-13(8-20)18-19-15(12)17-16(22)11-6-10(23-2)4-5-14(11)24-3/h4-6H,7-8H2,1-3H3,(H2,17,18,19,22). The molecule has 0 saturated carbocycles. The second kappa shape index (κ2) is 6.23. The molecule has 1 aromatic carbocycles. The summed E-state index contributed by atoms with van der Waals surface area (Å²) >= 11 is 0. The highest BCUT2D eigenvalue weighted by molar-refractivity contribution is 6.06. The molecule has 0 unspecified atom stereocenters. The van der Waals surface area contributed by atoms with Crippen LogP contribution in [0.2, 0.25) is 0 Å². The van der Waals surface area contributed by atoms with Gasteiger partial charge < -0.3 is 19.7 Å². The summed E-state index contributed by atoms with van der Waals surface area (Å²) in [4.78, 5) is 25.8. The van der Waals surface area contributed by atoms with Gasteiger partial charge in [-0.15, -0.1) is 0 Å². The summed E-state index contributed by atoms with van der Waals surface area (Å²) in [6.07, 6.45) is 0. The summed E-state index contributed by atoms with van der Waals surface area (Å²) in [5.74, 6) is 1.11. The van der Waals surface area contributed by atoms with Crippen LogP contribution in [0.5, 0.6) is 11.5 Å². The lowest BCUT2D eigenvalue weighted by Crippen LogP contribution is -2.23. The van der Waals surface area contributed by atoms with E-state index in [0.717, 1.165) is 11.3 Å². The number of aromatic nitrogens is 2. The van der Waals surface area contributed by atoms with Crippen molar-refractivity contribution in [3.8, 4) is 11.5 Å². The highest BCUT2D eigenvalue weighted by Crippen LogP contribution is 2.29. The number of nitrogens with one attached hydrogen (secondary N) is 2. The molecule has 0 aliphatic carbocycles. The highest BCUT2D eigenvalue weighted by Gasteiger charge is 2.27. The van der Waals surface area contributed by atoms with Gasteiger partial charge in [0.1, 0.15) is 17.3 Å². The average molecular weight is 330 g/mol. The van der Waals surface area contributed by atoms with Crippen molar-refractivity contribution in [3.63, 3.8) is 0 Å². The second-order valence-electron chi connectivity index (χ2n) is 5.42. The molecule has 3 rings (SSSR count). The van der Waals surface area contributed by atoms with Gasteiger partial charge in [0, 0.05) is 12.5 Å². The van der Waals surface area contributed by atoms with Crippen molar-refractivity contribution in [1.29, 1.82) is 0 Å². The second-order valence-corrected chi connectivity index (χ2v) is 5.42. The summed E-state index contributed by atoms with van der Waals surface area (Å²) in [5, 5.41) is 9.77. The number of hydrogen-bond donors (Lipinski definition) is 2. The molecule has 1 aromatic heterocycles. The van der Waals surface area contributed by atoms with Crippen LogP contribution in [0, 0.1) is 0 Å². The number of ether oxygens (including phenoxy) is 2. The molecule has 8 nitrogen and oxygen atoms in total. The van der Waals surface area contributed by atoms with Crippen molar-refractivity contribution in [3.05, 3.63) is 35.0 Å². The van der Waals surface area contributed by atoms with E-state index in [1.165, 1.54) is 21.1 Å². The quantitative estimate of drug-likeness (QED) is 0.886. The lowest BCUT2D eigenvalue weighted by molar-refractivity contribution is -0.129. The summed E-state index contributed by atoms with van der Waals surface area (Å²) in [7, 11) is 3.03. The molecule has 24 heavy (non-hydrogen) atoms. The zero-order valence-electron chi connectivity index (χ0n) is 13.7. The Bertz CT molecular complexity index is 799. The van der Waals surface area contributed by atoms with Gasteiger partial charge in [-0.2, -0.15) is 5.10 Å². The maximum Gasteiger partial charge on any atom is 0.260 e. The fraction of sp³-hybridized carbons (Fsp3) is 0.312. The SMILES string of the molecule is COc1ccc(OC)c(C(=O)Nc2[nH]nc3c2CN(C(C)=O)C3)c1. The summed E-state index contributed by atoms with van der Waals surface area (Å²) in [6.45, 7) is 2.38. The monoisotopic (exact) mass is 330 g/mol. The fourth-order valence-electron chi connectivity index (χ4n) is 2.63. The maximum atomic E-state index is 12.6. The number of methoxy groups -OCH3 is 2. The zero-order valence-corrected chi connectivity index (χ0v) is 13.7. The normalized spacial score (nSPS) is 12.7. The van der Waals surface area contributed by atoms with E-state index in [0.29, 0.717) is 36.0 Å². The summed E-state index contributed by atoms with van der Waals surface area (Å²) in [5.41, 5.74) is 1.93. The smallest absolute Gasteiger partial charge is 0.260 e. The zero-order chi connectivity index (χ0) is 17.3. The number of benzene rings is 1. The fourth-order valence-corrected chi connectivity index (χ4v) is 2.63. The molecule has 126 valence electrons. The van der Waals surface area contributed by atoms with E-state index in [-0.39, 0.29) is 11.8 Å². The van der Waals surface area contributed by atoms with E-state index >= 15 is 0 Å². The van der Waals surface area contributed by atoms with Crippen LogP contribution in [0.3, 0.4) is 0 Å². The Morgan fingerprint density at radius 1 is 1.25 bits per heavy atom. The van der Waals surface area contributed by atoms with Crippen molar-refractivity contribution in [1.82, 2.24) is 15.1 Å². The number of aromatic amines is 1. The van der Waals surface area contributed by atoms with Crippen LogP contribution in [-0.2, 0) is 17.9 Å². The van der Waals surface area contributed by atoms with Crippen molar-refractivity contribution < 1.29 is 19.1 Å². The number of fused-ring (bicyclic) bond motifs is 1. The number of carbonyl (C=O) groups is 2. The minimum absolute atomic E-state index is 0.0280. The first-order valence-electron chi connectivity index (χ1n) is 7.38. The van der Waals surface area contributed by atoms with E-state index in [4.69, 9.17) is 9.47 Å². The Morgan fingerprint density at radius 3 is 2.71 bits per heavy atom. The van der Waals surface area contributed by atoms with E-state index in [9.17, 15) is 9.59 Å². The topological polar surface area (TPSA) is 96.6 Å². The summed E-state index contributed by atoms with van der Waals surface area (Å²) < 4.78 is 10.4. The number of rotatable bonds is 4. The predicted molar refractivity (Wildman–Crippen MR) is 86.0 cm³/mol. The minimum atomic E-state index is -0.349. The van der Waals surface area contributed by atoms with Gasteiger partial charge >= 0.3 is 0 Å². The molecule has 2 amide bonds. The van der Waals surface area contributed by atoms with Crippen molar-refractivity contribution >= 4 is 17.6 Å². The van der Waals surface area contributed by atoms with Crippen molar-refractivity contribution in [2.24, 2.45) is 0 Å². The lowest BCUT2D eigenvalue weighted by atomic mass is 10.1. The molecule has 0 radical (unpaired) electrons. The van der Waals surface area contributed by atoms with Gasteiger partial charge in [0.25, 0.3) is 5.91 Å². The van der Waals surface area contributed by atoms with Crippen molar-refractivity contribution in [2.45, 2.75) is 20.0 Å². The third-order valence-electron chi connectivity index (χ3n) is 3.98. The number of nitrogens with zero attached hydrogens (tertiary/aromatic N) is 2. The Kier molecular flexibility index (Phi) is 4.11. The third kappa shape index (κ3) is 2.78. The number of hydrogen-bond acceptors (Lipinski definition) is 5.